The average Bonchev–Trinajstić information content (AvgIpc) is 3.23. The number of amides is 2. The third-order valence-corrected chi connectivity index (χ3v) is 6.67. The molecule has 4 unspecified atom stereocenters. The van der Waals surface area contributed by atoms with Crippen LogP contribution in [0.5, 0.6) is 0 Å². The van der Waals surface area contributed by atoms with Crippen molar-refractivity contribution < 1.29 is 14.3 Å². The Bertz CT molecular complexity index is 725. The van der Waals surface area contributed by atoms with E-state index in [1.165, 1.54) is 0 Å². The van der Waals surface area contributed by atoms with Crippen molar-refractivity contribution in [1.82, 2.24) is 20.7 Å². The van der Waals surface area contributed by atoms with Gasteiger partial charge in [0, 0.05) is 38.8 Å². The Hall–Kier alpha value is -1.96. The van der Waals surface area contributed by atoms with E-state index in [1.54, 1.807) is 0 Å². The molecule has 2 amide bonds. The van der Waals surface area contributed by atoms with Gasteiger partial charge in [-0.1, -0.05) is 30.3 Å². The molecule has 0 spiro atoms. The van der Waals surface area contributed by atoms with Gasteiger partial charge in [0.2, 0.25) is 11.8 Å². The van der Waals surface area contributed by atoms with Gasteiger partial charge in [-0.2, -0.15) is 0 Å². The minimum atomic E-state index is -0.0564. The predicted molar refractivity (Wildman–Crippen MR) is 114 cm³/mol. The molecule has 1 aromatic carbocycles. The molecule has 7 nitrogen and oxygen atoms in total. The highest BCUT2D eigenvalue weighted by atomic mass is 16.5. The lowest BCUT2D eigenvalue weighted by molar-refractivity contribution is -0.148. The molecule has 0 aromatic heterocycles. The van der Waals surface area contributed by atoms with Gasteiger partial charge in [-0.15, -0.1) is 0 Å². The van der Waals surface area contributed by atoms with Gasteiger partial charge in [0.15, 0.2) is 0 Å². The summed E-state index contributed by atoms with van der Waals surface area (Å²) in [4.78, 5) is 29.9. The molecule has 3 aliphatic heterocycles. The van der Waals surface area contributed by atoms with Crippen LogP contribution in [-0.2, 0) is 20.7 Å². The molecule has 7 heteroatoms. The van der Waals surface area contributed by atoms with E-state index >= 15 is 0 Å². The summed E-state index contributed by atoms with van der Waals surface area (Å²) in [5.41, 5.74) is 7.65. The van der Waals surface area contributed by atoms with Crippen LogP contribution in [0.3, 0.4) is 0 Å². The molecule has 0 saturated carbocycles. The smallest absolute Gasteiger partial charge is 0.228 e. The second-order valence-electron chi connectivity index (χ2n) is 9.04. The molecule has 4 rings (SSSR count). The van der Waals surface area contributed by atoms with Gasteiger partial charge in [0.05, 0.1) is 24.5 Å². The van der Waals surface area contributed by atoms with E-state index in [0.29, 0.717) is 32.0 Å². The first-order chi connectivity index (χ1) is 14.5. The first-order valence-electron chi connectivity index (χ1n) is 11.3. The average molecular weight is 415 g/mol. The van der Waals surface area contributed by atoms with E-state index in [0.717, 1.165) is 31.5 Å². The third-order valence-electron chi connectivity index (χ3n) is 6.67. The van der Waals surface area contributed by atoms with Crippen molar-refractivity contribution in [1.29, 1.82) is 0 Å². The van der Waals surface area contributed by atoms with Crippen molar-refractivity contribution in [3.8, 4) is 0 Å². The number of nitrogens with zero attached hydrogens (tertiary/aromatic N) is 2. The normalized spacial score (nSPS) is 30.5. The van der Waals surface area contributed by atoms with Gasteiger partial charge in [-0.05, 0) is 38.2 Å². The maximum Gasteiger partial charge on any atom is 0.228 e. The molecule has 2 N–H and O–H groups in total. The Kier molecular flexibility index (Phi) is 6.71. The molecule has 164 valence electrons. The van der Waals surface area contributed by atoms with Crippen LogP contribution >= 0.6 is 0 Å². The Morgan fingerprint density at radius 2 is 1.70 bits per heavy atom. The Balaban J connectivity index is 1.31. The summed E-state index contributed by atoms with van der Waals surface area (Å²) in [6.45, 7) is 7.58. The summed E-state index contributed by atoms with van der Waals surface area (Å²) >= 11 is 0. The van der Waals surface area contributed by atoms with Gasteiger partial charge >= 0.3 is 0 Å². The van der Waals surface area contributed by atoms with Gasteiger partial charge in [0.1, 0.15) is 0 Å². The summed E-state index contributed by atoms with van der Waals surface area (Å²) in [6.07, 6.45) is 2.48. The molecular weight excluding hydrogens is 380 g/mol. The van der Waals surface area contributed by atoms with Gasteiger partial charge in [0.25, 0.3) is 0 Å². The minimum Gasteiger partial charge on any atom is -0.372 e. The van der Waals surface area contributed by atoms with Crippen molar-refractivity contribution in [2.24, 2.45) is 11.8 Å². The Morgan fingerprint density at radius 1 is 1.03 bits per heavy atom. The number of carbonyl (C=O) groups is 2. The topological polar surface area (TPSA) is 73.9 Å². The molecular formula is C23H34N4O3. The summed E-state index contributed by atoms with van der Waals surface area (Å²) in [6, 6.07) is 10.0. The van der Waals surface area contributed by atoms with Crippen LogP contribution in [0.15, 0.2) is 30.3 Å². The van der Waals surface area contributed by atoms with Crippen molar-refractivity contribution in [2.45, 2.75) is 51.4 Å². The number of benzene rings is 1. The first kappa shape index (κ1) is 21.3. The number of likely N-dealkylation sites (tertiary alicyclic amines) is 1. The van der Waals surface area contributed by atoms with Crippen molar-refractivity contribution in [3.63, 3.8) is 0 Å². The monoisotopic (exact) mass is 414 g/mol. The lowest BCUT2D eigenvalue weighted by Gasteiger charge is -2.39. The van der Waals surface area contributed by atoms with E-state index in [2.05, 4.69) is 10.9 Å². The van der Waals surface area contributed by atoms with Crippen LogP contribution in [0.1, 0.15) is 32.3 Å². The fourth-order valence-electron chi connectivity index (χ4n) is 5.18. The molecule has 0 aliphatic carbocycles. The van der Waals surface area contributed by atoms with Gasteiger partial charge < -0.3 is 14.5 Å². The molecule has 4 atom stereocenters. The summed E-state index contributed by atoms with van der Waals surface area (Å²) < 4.78 is 5.79. The van der Waals surface area contributed by atoms with Crippen LogP contribution in [0.4, 0.5) is 0 Å². The van der Waals surface area contributed by atoms with Gasteiger partial charge in [-0.25, -0.2) is 0 Å². The van der Waals surface area contributed by atoms with E-state index in [9.17, 15) is 9.59 Å². The zero-order valence-corrected chi connectivity index (χ0v) is 18.0. The summed E-state index contributed by atoms with van der Waals surface area (Å²) in [5.74, 6) is 0.757. The van der Waals surface area contributed by atoms with Crippen molar-refractivity contribution >= 4 is 11.8 Å². The lowest BCUT2D eigenvalue weighted by atomic mass is 9.82. The summed E-state index contributed by atoms with van der Waals surface area (Å²) in [5, 5.41) is 0. The number of carbonyl (C=O) groups excluding carboxylic acids is 2. The van der Waals surface area contributed by atoms with Crippen LogP contribution in [-0.4, -0.2) is 72.6 Å². The molecule has 3 aliphatic rings. The SMILES string of the molecule is CC1CN(C(=O)C2CNNC2C2CCN(C(=O)Cc3ccccc3)CC2)CC(C)O1. The maximum absolute atomic E-state index is 13.2. The van der Waals surface area contributed by atoms with Crippen LogP contribution in [0.25, 0.3) is 0 Å². The van der Waals surface area contributed by atoms with E-state index in [4.69, 9.17) is 4.74 Å². The molecule has 3 fully saturated rings. The van der Waals surface area contributed by atoms with Crippen molar-refractivity contribution in [2.75, 3.05) is 32.7 Å². The molecule has 3 heterocycles. The number of morpholine rings is 1. The molecule has 1 aromatic rings. The van der Waals surface area contributed by atoms with Crippen LogP contribution < -0.4 is 10.9 Å². The third kappa shape index (κ3) is 4.85. The standard InChI is InChI=1S/C23H34N4O3/c1-16-14-27(15-17(2)30-16)23(29)20-13-24-25-22(20)19-8-10-26(11-9-19)21(28)12-18-6-4-3-5-7-18/h3-7,16-17,19-20,22,24-25H,8-15H2,1-2H3. The number of rotatable bonds is 4. The quantitative estimate of drug-likeness (QED) is 0.775. The highest BCUT2D eigenvalue weighted by Gasteiger charge is 2.42. The number of hydrazine groups is 1. The zero-order valence-electron chi connectivity index (χ0n) is 18.0. The molecule has 30 heavy (non-hydrogen) atoms. The van der Waals surface area contributed by atoms with Crippen molar-refractivity contribution in [3.05, 3.63) is 35.9 Å². The summed E-state index contributed by atoms with van der Waals surface area (Å²) in [7, 11) is 0. The second kappa shape index (κ2) is 9.45. The molecule has 0 radical (unpaired) electrons. The molecule has 3 saturated heterocycles. The number of piperidine rings is 1. The highest BCUT2D eigenvalue weighted by Crippen LogP contribution is 2.29. The van der Waals surface area contributed by atoms with E-state index < -0.39 is 0 Å². The predicted octanol–water partition coefficient (Wildman–Crippen LogP) is 1.20. The second-order valence-corrected chi connectivity index (χ2v) is 9.04. The number of ether oxygens (including phenoxy) is 1. The fraction of sp³-hybridized carbons (Fsp3) is 0.652. The maximum atomic E-state index is 13.2. The van der Waals surface area contributed by atoms with Crippen LogP contribution in [0.2, 0.25) is 0 Å². The fourth-order valence-corrected chi connectivity index (χ4v) is 5.18. The first-order valence-corrected chi connectivity index (χ1v) is 11.3. The Morgan fingerprint density at radius 3 is 2.37 bits per heavy atom. The molecule has 0 bridgehead atoms. The number of hydrogen-bond acceptors (Lipinski definition) is 5. The highest BCUT2D eigenvalue weighted by molar-refractivity contribution is 5.80. The van der Waals surface area contributed by atoms with Gasteiger partial charge in [-0.3, -0.25) is 20.4 Å². The minimum absolute atomic E-state index is 0.0564. The largest absolute Gasteiger partial charge is 0.372 e. The van der Waals surface area contributed by atoms with Crippen LogP contribution in [0, 0.1) is 11.8 Å². The number of hydrogen-bond donors (Lipinski definition) is 2. The van der Waals surface area contributed by atoms with E-state index in [1.807, 2.05) is 54.0 Å². The zero-order chi connectivity index (χ0) is 21.1. The lowest BCUT2D eigenvalue weighted by Crippen LogP contribution is -2.53. The Labute approximate surface area is 179 Å². The van der Waals surface area contributed by atoms with E-state index in [-0.39, 0.29) is 36.0 Å². The number of nitrogens with one attached hydrogen (secondary N) is 2.